The lowest BCUT2D eigenvalue weighted by Gasteiger charge is -2.22. The molecule has 344 valence electrons. The third-order valence-corrected chi connectivity index (χ3v) is 11.4. The minimum atomic E-state index is -4.20. The van der Waals surface area contributed by atoms with Crippen molar-refractivity contribution in [3.8, 4) is 12.0 Å². The highest BCUT2D eigenvalue weighted by atomic mass is 32.2. The molecular weight excluding hydrogens is 847 g/mol. The SMILES string of the molecule is CC(C)c1cc(F)cc(C(C)C)c1OC#N.COC(C)(C)Cn1ccc(S(=O)(=O)NC(=O)Nc2c(C(C)C)cc(F)cc2C(C)C)n1.COC(C)(C)Cn1ccc(S(N)(=O)=O)n1. The number of carbonyl (C=O) groups is 1. The van der Waals surface area contributed by atoms with Crippen LogP contribution in [0.1, 0.15) is 129 Å². The summed E-state index contributed by atoms with van der Waals surface area (Å²) in [5.41, 5.74) is 2.12. The van der Waals surface area contributed by atoms with Crippen LogP contribution in [-0.2, 0) is 42.6 Å². The van der Waals surface area contributed by atoms with Crippen LogP contribution in [0.25, 0.3) is 0 Å². The van der Waals surface area contributed by atoms with Gasteiger partial charge in [0.25, 0.3) is 26.3 Å². The van der Waals surface area contributed by atoms with Gasteiger partial charge in [-0.25, -0.2) is 31.9 Å². The number of carbonyl (C=O) groups excluding carboxylic acids is 1. The van der Waals surface area contributed by atoms with Crippen molar-refractivity contribution in [3.63, 3.8) is 0 Å². The molecule has 2 aromatic heterocycles. The first-order chi connectivity index (χ1) is 28.5. The molecule has 0 bridgehead atoms. The zero-order valence-electron chi connectivity index (χ0n) is 38.0. The quantitative estimate of drug-likeness (QED) is 0.0967. The lowest BCUT2D eigenvalue weighted by Crippen LogP contribution is -2.35. The normalized spacial score (nSPS) is 12.1. The number of nitrogens with zero attached hydrogens (tertiary/aromatic N) is 5. The maximum atomic E-state index is 14.1. The van der Waals surface area contributed by atoms with Gasteiger partial charge in [-0.3, -0.25) is 9.36 Å². The van der Waals surface area contributed by atoms with Crippen molar-refractivity contribution in [2.45, 2.75) is 141 Å². The minimum absolute atomic E-state index is 0.0834. The number of nitrogens with one attached hydrogen (secondary N) is 2. The summed E-state index contributed by atoms with van der Waals surface area (Å²) >= 11 is 0. The number of hydrogen-bond acceptors (Lipinski definition) is 11. The molecule has 4 aromatic rings. The summed E-state index contributed by atoms with van der Waals surface area (Å²) in [5.74, 6) is -0.102. The highest BCUT2D eigenvalue weighted by Gasteiger charge is 2.26. The zero-order valence-corrected chi connectivity index (χ0v) is 39.6. The number of halogens is 2. The molecule has 0 spiro atoms. The Kier molecular flexibility index (Phi) is 18.8. The van der Waals surface area contributed by atoms with Crippen LogP contribution in [0.4, 0.5) is 19.3 Å². The van der Waals surface area contributed by atoms with Gasteiger partial charge in [-0.1, -0.05) is 55.4 Å². The third-order valence-electron chi connectivity index (χ3n) is 9.37. The van der Waals surface area contributed by atoms with E-state index in [2.05, 4.69) is 15.5 Å². The molecule has 20 heteroatoms. The third kappa shape index (κ3) is 15.8. The Morgan fingerprint density at radius 2 is 1.11 bits per heavy atom. The topological polar surface area (TPSA) is 223 Å². The number of nitrogens with two attached hydrogens (primary N) is 1. The van der Waals surface area contributed by atoms with Crippen molar-refractivity contribution in [2.24, 2.45) is 5.14 Å². The van der Waals surface area contributed by atoms with E-state index >= 15 is 0 Å². The van der Waals surface area contributed by atoms with Gasteiger partial charge in [0, 0.05) is 43.4 Å². The molecule has 0 saturated heterocycles. The highest BCUT2D eigenvalue weighted by Crippen LogP contribution is 2.36. The first-order valence-corrected chi connectivity index (χ1v) is 22.8. The molecule has 0 radical (unpaired) electrons. The molecule has 0 fully saturated rings. The van der Waals surface area contributed by atoms with E-state index in [4.69, 9.17) is 24.6 Å². The number of hydrogen-bond donors (Lipinski definition) is 3. The number of primary sulfonamides is 1. The van der Waals surface area contributed by atoms with Crippen LogP contribution in [0.15, 0.2) is 58.8 Å². The van der Waals surface area contributed by atoms with Gasteiger partial charge >= 0.3 is 6.03 Å². The number of urea groups is 1. The van der Waals surface area contributed by atoms with Gasteiger partial charge in [-0.15, -0.1) is 5.26 Å². The standard InChI is InChI=1S/C21H31FN4O4S.C13H16FNO.C8H15N3O3S/c1-13(2)16-10-15(22)11-17(14(3)4)19(16)23-20(27)25-31(28,29)18-8-9-26(24-18)12-21(5,6)30-7;1-8(2)11-5-10(14)6-12(9(3)4)13(11)16-7-15;1-8(2,14-3)6-11-5-4-7(10-11)15(9,12)13/h8-11,13-14H,12H2,1-7H3,(H2,23,25,27);5-6,8-9H,1-4H3;4-5H,6H2,1-3H3,(H2,9,12,13). The summed E-state index contributed by atoms with van der Waals surface area (Å²) in [6, 6.07) is 7.29. The molecule has 2 heterocycles. The number of benzene rings is 2. The molecule has 0 saturated carbocycles. The molecule has 4 rings (SSSR count). The molecule has 0 aliphatic rings. The minimum Gasteiger partial charge on any atom is -0.387 e. The first-order valence-electron chi connectivity index (χ1n) is 19.7. The van der Waals surface area contributed by atoms with Crippen LogP contribution >= 0.6 is 0 Å². The van der Waals surface area contributed by atoms with Crippen molar-refractivity contribution in [1.82, 2.24) is 24.3 Å². The van der Waals surface area contributed by atoms with Crippen LogP contribution in [0, 0.1) is 23.2 Å². The fraction of sp³-hybridized carbons (Fsp3) is 0.524. The van der Waals surface area contributed by atoms with Crippen LogP contribution in [0.2, 0.25) is 0 Å². The van der Waals surface area contributed by atoms with Crippen molar-refractivity contribution in [2.75, 3.05) is 19.5 Å². The van der Waals surface area contributed by atoms with Gasteiger partial charge in [0.1, 0.15) is 17.4 Å². The van der Waals surface area contributed by atoms with Crippen molar-refractivity contribution < 1.29 is 44.6 Å². The number of aromatic nitrogens is 4. The second kappa shape index (κ2) is 21.9. The number of rotatable bonds is 15. The monoisotopic (exact) mass is 908 g/mol. The van der Waals surface area contributed by atoms with Gasteiger partial charge in [-0.05, 0) is 98.9 Å². The van der Waals surface area contributed by atoms with Crippen molar-refractivity contribution in [1.29, 1.82) is 5.26 Å². The maximum absolute atomic E-state index is 14.1. The molecule has 62 heavy (non-hydrogen) atoms. The smallest absolute Gasteiger partial charge is 0.333 e. The largest absolute Gasteiger partial charge is 0.387 e. The molecule has 0 aliphatic carbocycles. The van der Waals surface area contributed by atoms with E-state index in [9.17, 15) is 30.4 Å². The molecule has 0 atom stereocenters. The zero-order chi connectivity index (χ0) is 47.5. The van der Waals surface area contributed by atoms with E-state index in [1.807, 2.05) is 87.8 Å². The molecule has 4 N–H and O–H groups in total. The Morgan fingerprint density at radius 1 is 0.742 bits per heavy atom. The van der Waals surface area contributed by atoms with Crippen LogP contribution in [-0.4, -0.2) is 67.8 Å². The summed E-state index contributed by atoms with van der Waals surface area (Å²) in [6.45, 7) is 23.5. The number of amides is 2. The molecular formula is C42H62F2N8O8S2. The summed E-state index contributed by atoms with van der Waals surface area (Å²) < 4.78 is 95.1. The van der Waals surface area contributed by atoms with Gasteiger partial charge in [0.2, 0.25) is 0 Å². The van der Waals surface area contributed by atoms with E-state index in [1.165, 1.54) is 52.0 Å². The van der Waals surface area contributed by atoms with E-state index in [0.29, 0.717) is 35.7 Å². The summed E-state index contributed by atoms with van der Waals surface area (Å²) in [7, 11) is -4.78. The molecule has 0 unspecified atom stereocenters. The molecule has 16 nitrogen and oxygen atoms in total. The Morgan fingerprint density at radius 3 is 1.45 bits per heavy atom. The summed E-state index contributed by atoms with van der Waals surface area (Å²) in [6.07, 6.45) is 4.73. The Bertz CT molecular complexity index is 2350. The van der Waals surface area contributed by atoms with Crippen molar-refractivity contribution >= 4 is 31.8 Å². The maximum Gasteiger partial charge on any atom is 0.333 e. The molecule has 2 amide bonds. The second-order valence-corrected chi connectivity index (χ2v) is 20.1. The molecule has 2 aromatic carbocycles. The van der Waals surface area contributed by atoms with E-state index in [-0.39, 0.29) is 39.5 Å². The van der Waals surface area contributed by atoms with Crippen molar-refractivity contribution in [3.05, 3.63) is 82.7 Å². The number of sulfonamides is 2. The van der Waals surface area contributed by atoms with E-state index in [1.54, 1.807) is 26.7 Å². The number of ether oxygens (including phenoxy) is 3. The highest BCUT2D eigenvalue weighted by molar-refractivity contribution is 7.90. The Hall–Kier alpha value is -4.94. The average Bonchev–Trinajstić information content (AvgIpc) is 3.83. The Labute approximate surface area is 365 Å². The van der Waals surface area contributed by atoms with Crippen LogP contribution < -0.4 is 19.9 Å². The average molecular weight is 909 g/mol. The van der Waals surface area contributed by atoms with E-state index < -0.39 is 43.1 Å². The van der Waals surface area contributed by atoms with Gasteiger partial charge in [0.15, 0.2) is 10.1 Å². The van der Waals surface area contributed by atoms with Crippen LogP contribution in [0.3, 0.4) is 0 Å². The summed E-state index contributed by atoms with van der Waals surface area (Å²) in [5, 5.41) is 23.6. The summed E-state index contributed by atoms with van der Waals surface area (Å²) in [4.78, 5) is 12.6. The molecule has 0 aliphatic heterocycles. The lowest BCUT2D eigenvalue weighted by atomic mass is 9.92. The fourth-order valence-corrected chi connectivity index (χ4v) is 7.06. The predicted molar refractivity (Wildman–Crippen MR) is 233 cm³/mol. The Balaban J connectivity index is 0.000000357. The van der Waals surface area contributed by atoms with Crippen LogP contribution in [0.5, 0.6) is 5.75 Å². The second-order valence-electron chi connectivity index (χ2n) is 16.9. The van der Waals surface area contributed by atoms with E-state index in [0.717, 1.165) is 11.1 Å². The number of nitriles is 1. The van der Waals surface area contributed by atoms with Gasteiger partial charge in [-0.2, -0.15) is 18.6 Å². The predicted octanol–water partition coefficient (Wildman–Crippen LogP) is 8.09. The van der Waals surface area contributed by atoms with Gasteiger partial charge < -0.3 is 19.5 Å². The first kappa shape index (κ1) is 53.2. The lowest BCUT2D eigenvalue weighted by molar-refractivity contribution is 0.00487. The fourth-order valence-electron chi connectivity index (χ4n) is 5.74. The number of anilines is 1. The van der Waals surface area contributed by atoms with Gasteiger partial charge in [0.05, 0.1) is 24.3 Å². The number of methoxy groups -OCH3 is 2.